The first kappa shape index (κ1) is 15.7. The molecule has 1 aromatic carbocycles. The maximum Gasteiger partial charge on any atom is 0.224 e. The Bertz CT molecular complexity index is 307. The lowest BCUT2D eigenvalue weighted by Gasteiger charge is -2.04. The van der Waals surface area contributed by atoms with Crippen LogP contribution in [0.4, 0.5) is 0 Å². The molecule has 0 aliphatic rings. The summed E-state index contributed by atoms with van der Waals surface area (Å²) in [5.74, 6) is 0.0321. The second-order valence-electron chi connectivity index (χ2n) is 3.49. The molecule has 0 aliphatic heterocycles. The van der Waals surface area contributed by atoms with Gasteiger partial charge in [0.05, 0.1) is 6.42 Å². The normalized spacial score (nSPS) is 9.18. The lowest BCUT2D eigenvalue weighted by Crippen LogP contribution is -2.30. The van der Waals surface area contributed by atoms with Crippen molar-refractivity contribution in [3.05, 3.63) is 35.4 Å². The Hall–Kier alpha value is -1.35. The van der Waals surface area contributed by atoms with Gasteiger partial charge in [-0.15, -0.1) is 0 Å². The van der Waals surface area contributed by atoms with Crippen LogP contribution in [0.25, 0.3) is 0 Å². The molecular formula is C14H24N2O. The van der Waals surface area contributed by atoms with Crippen molar-refractivity contribution in [1.82, 2.24) is 5.32 Å². The molecule has 0 atom stereocenters. The van der Waals surface area contributed by atoms with Gasteiger partial charge >= 0.3 is 0 Å². The van der Waals surface area contributed by atoms with Crippen molar-refractivity contribution in [2.75, 3.05) is 13.1 Å². The third-order valence-electron chi connectivity index (χ3n) is 2.26. The molecule has 0 radical (unpaired) electrons. The van der Waals surface area contributed by atoms with Crippen LogP contribution in [0.15, 0.2) is 24.3 Å². The molecule has 3 nitrogen and oxygen atoms in total. The molecule has 1 amide bonds. The van der Waals surface area contributed by atoms with Crippen LogP contribution in [-0.4, -0.2) is 19.0 Å². The molecule has 0 unspecified atom stereocenters. The predicted octanol–water partition coefficient (Wildman–Crippen LogP) is 1.89. The van der Waals surface area contributed by atoms with E-state index in [1.807, 2.05) is 26.0 Å². The van der Waals surface area contributed by atoms with Gasteiger partial charge in [0.1, 0.15) is 0 Å². The lowest BCUT2D eigenvalue weighted by molar-refractivity contribution is -0.120. The molecule has 3 heteroatoms. The van der Waals surface area contributed by atoms with E-state index in [-0.39, 0.29) is 5.91 Å². The minimum atomic E-state index is 0.0321. The lowest BCUT2D eigenvalue weighted by atomic mass is 10.1. The molecule has 0 spiro atoms. The van der Waals surface area contributed by atoms with Crippen molar-refractivity contribution in [1.29, 1.82) is 0 Å². The number of rotatable bonds is 5. The third-order valence-corrected chi connectivity index (χ3v) is 2.26. The molecule has 1 aromatic rings. The SMILES string of the molecule is CC.CCc1ccc(CC(=O)NCCN)cc1. The van der Waals surface area contributed by atoms with E-state index in [1.54, 1.807) is 0 Å². The quantitative estimate of drug-likeness (QED) is 0.820. The standard InChI is InChI=1S/C12H18N2O.C2H6/c1-2-10-3-5-11(6-4-10)9-12(15)14-8-7-13;1-2/h3-6H,2,7-9,13H2,1H3,(H,14,15);1-2H3. The fourth-order valence-electron chi connectivity index (χ4n) is 1.35. The monoisotopic (exact) mass is 236 g/mol. The number of aryl methyl sites for hydroxylation is 1. The second kappa shape index (κ2) is 9.85. The van der Waals surface area contributed by atoms with Crippen LogP contribution in [0, 0.1) is 0 Å². The van der Waals surface area contributed by atoms with Gasteiger partial charge in [0.15, 0.2) is 0 Å². The van der Waals surface area contributed by atoms with Crippen molar-refractivity contribution in [3.63, 3.8) is 0 Å². The zero-order valence-electron chi connectivity index (χ0n) is 11.1. The molecule has 0 heterocycles. The number of amides is 1. The van der Waals surface area contributed by atoms with Gasteiger partial charge < -0.3 is 11.1 Å². The van der Waals surface area contributed by atoms with Gasteiger partial charge in [-0.05, 0) is 17.5 Å². The molecule has 17 heavy (non-hydrogen) atoms. The van der Waals surface area contributed by atoms with Crippen LogP contribution in [0.5, 0.6) is 0 Å². The average molecular weight is 236 g/mol. The third kappa shape index (κ3) is 6.74. The van der Waals surface area contributed by atoms with Crippen molar-refractivity contribution in [2.24, 2.45) is 5.73 Å². The molecule has 0 bridgehead atoms. The summed E-state index contributed by atoms with van der Waals surface area (Å²) in [6.45, 7) is 7.15. The molecule has 3 N–H and O–H groups in total. The van der Waals surface area contributed by atoms with Crippen LogP contribution in [-0.2, 0) is 17.6 Å². The molecule has 0 saturated heterocycles. The highest BCUT2D eigenvalue weighted by molar-refractivity contribution is 5.78. The van der Waals surface area contributed by atoms with E-state index >= 15 is 0 Å². The van der Waals surface area contributed by atoms with Crippen molar-refractivity contribution >= 4 is 5.91 Å². The van der Waals surface area contributed by atoms with Crippen LogP contribution in [0.3, 0.4) is 0 Å². The molecule has 0 aromatic heterocycles. The topological polar surface area (TPSA) is 55.1 Å². The van der Waals surface area contributed by atoms with E-state index < -0.39 is 0 Å². The van der Waals surface area contributed by atoms with Gasteiger partial charge in [-0.25, -0.2) is 0 Å². The van der Waals surface area contributed by atoms with E-state index in [9.17, 15) is 4.79 Å². The first-order chi connectivity index (χ1) is 8.26. The zero-order valence-corrected chi connectivity index (χ0v) is 11.1. The Labute approximate surface area is 104 Å². The molecule has 1 rings (SSSR count). The molecule has 0 fully saturated rings. The average Bonchev–Trinajstić information content (AvgIpc) is 2.39. The fourth-order valence-corrected chi connectivity index (χ4v) is 1.35. The molecule has 0 saturated carbocycles. The summed E-state index contributed by atoms with van der Waals surface area (Å²) in [6.07, 6.45) is 1.46. The number of nitrogens with two attached hydrogens (primary N) is 1. The van der Waals surface area contributed by atoms with Gasteiger partial charge in [-0.1, -0.05) is 45.0 Å². The number of hydrogen-bond acceptors (Lipinski definition) is 2. The van der Waals surface area contributed by atoms with E-state index in [0.717, 1.165) is 12.0 Å². The van der Waals surface area contributed by atoms with E-state index in [0.29, 0.717) is 19.5 Å². The summed E-state index contributed by atoms with van der Waals surface area (Å²) >= 11 is 0. The van der Waals surface area contributed by atoms with E-state index in [1.165, 1.54) is 5.56 Å². The minimum absolute atomic E-state index is 0.0321. The maximum atomic E-state index is 11.4. The van der Waals surface area contributed by atoms with Crippen LogP contribution in [0.1, 0.15) is 31.9 Å². The second-order valence-corrected chi connectivity index (χ2v) is 3.49. The summed E-state index contributed by atoms with van der Waals surface area (Å²) in [6, 6.07) is 8.12. The summed E-state index contributed by atoms with van der Waals surface area (Å²) in [5, 5.41) is 2.75. The van der Waals surface area contributed by atoms with Gasteiger partial charge in [-0.3, -0.25) is 4.79 Å². The zero-order chi connectivity index (χ0) is 13.1. The number of hydrogen-bond donors (Lipinski definition) is 2. The van der Waals surface area contributed by atoms with Gasteiger partial charge in [-0.2, -0.15) is 0 Å². The minimum Gasteiger partial charge on any atom is -0.355 e. The largest absolute Gasteiger partial charge is 0.355 e. The van der Waals surface area contributed by atoms with Crippen LogP contribution >= 0.6 is 0 Å². The first-order valence-electron chi connectivity index (χ1n) is 6.31. The highest BCUT2D eigenvalue weighted by atomic mass is 16.1. The van der Waals surface area contributed by atoms with Crippen molar-refractivity contribution in [3.8, 4) is 0 Å². The number of carbonyl (C=O) groups excluding carboxylic acids is 1. The van der Waals surface area contributed by atoms with Crippen LogP contribution in [0.2, 0.25) is 0 Å². The summed E-state index contributed by atoms with van der Waals surface area (Å²) in [7, 11) is 0. The first-order valence-corrected chi connectivity index (χ1v) is 6.31. The Morgan fingerprint density at radius 2 is 1.71 bits per heavy atom. The maximum absolute atomic E-state index is 11.4. The fraction of sp³-hybridized carbons (Fsp3) is 0.500. The Morgan fingerprint density at radius 3 is 2.18 bits per heavy atom. The van der Waals surface area contributed by atoms with E-state index in [4.69, 9.17) is 5.73 Å². The van der Waals surface area contributed by atoms with Gasteiger partial charge in [0.25, 0.3) is 0 Å². The number of carbonyl (C=O) groups is 1. The summed E-state index contributed by atoms with van der Waals surface area (Å²) < 4.78 is 0. The van der Waals surface area contributed by atoms with E-state index in [2.05, 4.69) is 24.4 Å². The summed E-state index contributed by atoms with van der Waals surface area (Å²) in [5.41, 5.74) is 7.63. The highest BCUT2D eigenvalue weighted by Gasteiger charge is 2.01. The smallest absolute Gasteiger partial charge is 0.224 e. The molecule has 96 valence electrons. The predicted molar refractivity (Wildman–Crippen MR) is 72.9 cm³/mol. The highest BCUT2D eigenvalue weighted by Crippen LogP contribution is 2.05. The Morgan fingerprint density at radius 1 is 1.18 bits per heavy atom. The summed E-state index contributed by atoms with van der Waals surface area (Å²) in [4.78, 5) is 11.4. The van der Waals surface area contributed by atoms with Crippen LogP contribution < -0.4 is 11.1 Å². The van der Waals surface area contributed by atoms with Gasteiger partial charge in [0, 0.05) is 13.1 Å². The number of nitrogens with one attached hydrogen (secondary N) is 1. The van der Waals surface area contributed by atoms with Gasteiger partial charge in [0.2, 0.25) is 5.91 Å². The van der Waals surface area contributed by atoms with Crippen molar-refractivity contribution < 1.29 is 4.79 Å². The van der Waals surface area contributed by atoms with Crippen molar-refractivity contribution in [2.45, 2.75) is 33.6 Å². The Balaban J connectivity index is 0.00000121. The Kier molecular flexibility index (Phi) is 9.06. The molecular weight excluding hydrogens is 212 g/mol. The molecule has 0 aliphatic carbocycles. The number of benzene rings is 1.